The zero-order valence-electron chi connectivity index (χ0n) is 14.0. The van der Waals surface area contributed by atoms with Crippen molar-refractivity contribution in [2.24, 2.45) is 0 Å². The number of carbonyl (C=O) groups excluding carboxylic acids is 2. The molecule has 0 saturated carbocycles. The Hall–Kier alpha value is -2.79. The minimum absolute atomic E-state index is 0.0843. The van der Waals surface area contributed by atoms with Gasteiger partial charge < -0.3 is 0 Å². The molecule has 5 heteroatoms. The van der Waals surface area contributed by atoms with E-state index in [4.69, 9.17) is 4.98 Å². The second-order valence-corrected chi connectivity index (χ2v) is 7.76. The van der Waals surface area contributed by atoms with Crippen molar-refractivity contribution in [3.63, 3.8) is 0 Å². The summed E-state index contributed by atoms with van der Waals surface area (Å²) < 4.78 is 0. The molecule has 0 bridgehead atoms. The molecule has 128 valence electrons. The van der Waals surface area contributed by atoms with E-state index in [-0.39, 0.29) is 17.9 Å². The lowest BCUT2D eigenvalue weighted by Crippen LogP contribution is -2.42. The SMILES string of the molecule is O=C1c2ccccc2C(=O)N1C1CCc2nc(-c3ccccc3)sc2C1. The highest BCUT2D eigenvalue weighted by molar-refractivity contribution is 7.15. The number of hydrogen-bond acceptors (Lipinski definition) is 4. The van der Waals surface area contributed by atoms with Crippen LogP contribution >= 0.6 is 11.3 Å². The molecule has 26 heavy (non-hydrogen) atoms. The molecule has 1 aliphatic carbocycles. The van der Waals surface area contributed by atoms with Crippen LogP contribution in [0.5, 0.6) is 0 Å². The number of benzene rings is 2. The minimum Gasteiger partial charge on any atom is -0.271 e. The Morgan fingerprint density at radius 2 is 1.58 bits per heavy atom. The molecule has 1 aromatic heterocycles. The van der Waals surface area contributed by atoms with Gasteiger partial charge in [-0.25, -0.2) is 4.98 Å². The number of fused-ring (bicyclic) bond motifs is 2. The molecular weight excluding hydrogens is 344 g/mol. The first-order chi connectivity index (χ1) is 12.7. The molecule has 0 N–H and O–H groups in total. The number of amides is 2. The van der Waals surface area contributed by atoms with E-state index in [9.17, 15) is 9.59 Å². The summed E-state index contributed by atoms with van der Waals surface area (Å²) >= 11 is 1.68. The Balaban J connectivity index is 1.44. The molecule has 5 rings (SSSR count). The Kier molecular flexibility index (Phi) is 3.50. The number of nitrogens with zero attached hydrogens (tertiary/aromatic N) is 2. The summed E-state index contributed by atoms with van der Waals surface area (Å²) in [6.45, 7) is 0. The molecule has 0 fully saturated rings. The van der Waals surface area contributed by atoms with Crippen LogP contribution in [0.25, 0.3) is 10.6 Å². The van der Waals surface area contributed by atoms with Gasteiger partial charge in [-0.3, -0.25) is 14.5 Å². The normalized spacial score (nSPS) is 18.8. The van der Waals surface area contributed by atoms with E-state index in [0.29, 0.717) is 17.5 Å². The fourth-order valence-electron chi connectivity index (χ4n) is 3.82. The van der Waals surface area contributed by atoms with Gasteiger partial charge in [0.2, 0.25) is 0 Å². The van der Waals surface area contributed by atoms with E-state index in [1.165, 1.54) is 9.78 Å². The van der Waals surface area contributed by atoms with Crippen LogP contribution in [0.4, 0.5) is 0 Å². The number of imide groups is 1. The zero-order chi connectivity index (χ0) is 17.7. The largest absolute Gasteiger partial charge is 0.271 e. The predicted molar refractivity (Wildman–Crippen MR) is 100 cm³/mol. The lowest BCUT2D eigenvalue weighted by atomic mass is 9.96. The van der Waals surface area contributed by atoms with Crippen molar-refractivity contribution in [3.05, 3.63) is 76.3 Å². The highest BCUT2D eigenvalue weighted by Crippen LogP contribution is 2.36. The molecule has 0 spiro atoms. The lowest BCUT2D eigenvalue weighted by molar-refractivity contribution is 0.0571. The summed E-state index contributed by atoms with van der Waals surface area (Å²) in [6, 6.07) is 17.2. The summed E-state index contributed by atoms with van der Waals surface area (Å²) in [5.74, 6) is -0.321. The maximum atomic E-state index is 12.7. The van der Waals surface area contributed by atoms with Crippen molar-refractivity contribution in [1.82, 2.24) is 9.88 Å². The van der Waals surface area contributed by atoms with E-state index in [1.807, 2.05) is 30.3 Å². The molecule has 4 nitrogen and oxygen atoms in total. The van der Waals surface area contributed by atoms with Gasteiger partial charge in [0, 0.05) is 22.9 Å². The van der Waals surface area contributed by atoms with E-state index in [2.05, 4.69) is 12.1 Å². The van der Waals surface area contributed by atoms with E-state index in [0.717, 1.165) is 29.1 Å². The van der Waals surface area contributed by atoms with Gasteiger partial charge in [-0.2, -0.15) is 0 Å². The van der Waals surface area contributed by atoms with E-state index < -0.39 is 0 Å². The number of thiazole rings is 1. The van der Waals surface area contributed by atoms with Crippen LogP contribution in [0.15, 0.2) is 54.6 Å². The third kappa shape index (κ3) is 2.31. The molecule has 3 aromatic rings. The first-order valence-electron chi connectivity index (χ1n) is 8.73. The number of hydrogen-bond donors (Lipinski definition) is 0. The maximum absolute atomic E-state index is 12.7. The standard InChI is InChI=1S/C21H16N2O2S/c24-20-15-8-4-5-9-16(15)21(25)23(20)14-10-11-17-18(12-14)26-19(22-17)13-6-2-1-3-7-13/h1-9,14H,10-12H2. The maximum Gasteiger partial charge on any atom is 0.261 e. The van der Waals surface area contributed by atoms with Crippen LogP contribution in [0.1, 0.15) is 37.7 Å². The number of carbonyl (C=O) groups is 2. The fraction of sp³-hybridized carbons (Fsp3) is 0.190. The monoisotopic (exact) mass is 360 g/mol. The molecule has 2 amide bonds. The number of rotatable bonds is 2. The smallest absolute Gasteiger partial charge is 0.261 e. The topological polar surface area (TPSA) is 50.3 Å². The second-order valence-electron chi connectivity index (χ2n) is 6.68. The molecule has 2 aromatic carbocycles. The van der Waals surface area contributed by atoms with E-state index in [1.54, 1.807) is 23.5 Å². The third-order valence-electron chi connectivity index (χ3n) is 5.13. The van der Waals surface area contributed by atoms with Gasteiger partial charge in [0.1, 0.15) is 5.01 Å². The lowest BCUT2D eigenvalue weighted by Gasteiger charge is -2.28. The van der Waals surface area contributed by atoms with Crippen molar-refractivity contribution in [2.75, 3.05) is 0 Å². The third-order valence-corrected chi connectivity index (χ3v) is 6.29. The van der Waals surface area contributed by atoms with Crippen molar-refractivity contribution in [2.45, 2.75) is 25.3 Å². The molecule has 0 saturated heterocycles. The molecule has 0 radical (unpaired) electrons. The van der Waals surface area contributed by atoms with Crippen LogP contribution in [-0.4, -0.2) is 27.7 Å². The van der Waals surface area contributed by atoms with Gasteiger partial charge >= 0.3 is 0 Å². The summed E-state index contributed by atoms with van der Waals surface area (Å²) in [6.07, 6.45) is 2.28. The quantitative estimate of drug-likeness (QED) is 0.650. The number of aryl methyl sites for hydroxylation is 1. The van der Waals surface area contributed by atoms with Gasteiger partial charge in [0.25, 0.3) is 11.8 Å². The average Bonchev–Trinajstić information content (AvgIpc) is 3.22. The van der Waals surface area contributed by atoms with Crippen molar-refractivity contribution >= 4 is 23.2 Å². The Morgan fingerprint density at radius 3 is 2.27 bits per heavy atom. The van der Waals surface area contributed by atoms with E-state index >= 15 is 0 Å². The molecule has 2 aliphatic rings. The highest BCUT2D eigenvalue weighted by Gasteiger charge is 2.41. The summed E-state index contributed by atoms with van der Waals surface area (Å²) in [5.41, 5.74) is 3.28. The molecular formula is C21H16N2O2S. The van der Waals surface area contributed by atoms with Crippen molar-refractivity contribution in [3.8, 4) is 10.6 Å². The van der Waals surface area contributed by atoms with Crippen molar-refractivity contribution < 1.29 is 9.59 Å². The summed E-state index contributed by atoms with van der Waals surface area (Å²) in [4.78, 5) is 32.9. The first-order valence-corrected chi connectivity index (χ1v) is 9.55. The Bertz CT molecular complexity index is 991. The highest BCUT2D eigenvalue weighted by atomic mass is 32.1. The second kappa shape index (κ2) is 5.88. The fourth-order valence-corrected chi connectivity index (χ4v) is 5.01. The van der Waals surface area contributed by atoms with Crippen LogP contribution in [0, 0.1) is 0 Å². The predicted octanol–water partition coefficient (Wildman–Crippen LogP) is 3.96. The Labute approximate surface area is 155 Å². The first kappa shape index (κ1) is 15.5. The number of aromatic nitrogens is 1. The van der Waals surface area contributed by atoms with Crippen LogP contribution in [0.3, 0.4) is 0 Å². The zero-order valence-corrected chi connectivity index (χ0v) is 14.8. The van der Waals surface area contributed by atoms with Crippen LogP contribution in [0.2, 0.25) is 0 Å². The van der Waals surface area contributed by atoms with Crippen LogP contribution < -0.4 is 0 Å². The average molecular weight is 360 g/mol. The van der Waals surface area contributed by atoms with Crippen LogP contribution in [-0.2, 0) is 12.8 Å². The van der Waals surface area contributed by atoms with Gasteiger partial charge in [0.05, 0.1) is 16.8 Å². The summed E-state index contributed by atoms with van der Waals surface area (Å²) in [7, 11) is 0. The molecule has 1 atom stereocenters. The van der Waals surface area contributed by atoms with Gasteiger partial charge in [0.15, 0.2) is 0 Å². The molecule has 2 heterocycles. The van der Waals surface area contributed by atoms with Gasteiger partial charge in [-0.05, 0) is 25.0 Å². The minimum atomic E-state index is -0.160. The molecule has 1 aliphatic heterocycles. The van der Waals surface area contributed by atoms with Gasteiger partial charge in [-0.1, -0.05) is 42.5 Å². The van der Waals surface area contributed by atoms with Crippen molar-refractivity contribution in [1.29, 1.82) is 0 Å². The Morgan fingerprint density at radius 1 is 0.923 bits per heavy atom. The summed E-state index contributed by atoms with van der Waals surface area (Å²) in [5, 5.41) is 1.01. The molecule has 1 unspecified atom stereocenters. The van der Waals surface area contributed by atoms with Gasteiger partial charge in [-0.15, -0.1) is 11.3 Å².